The first-order chi connectivity index (χ1) is 11.9. The SMILES string of the molecule is CCCCC/C=C\CC/C=C/c1cccc(/C=C\CCCCO)n1. The van der Waals surface area contributed by atoms with Crippen LogP contribution in [0.3, 0.4) is 0 Å². The second-order valence-corrected chi connectivity index (χ2v) is 6.06. The summed E-state index contributed by atoms with van der Waals surface area (Å²) in [7, 11) is 0. The summed E-state index contributed by atoms with van der Waals surface area (Å²) in [5.74, 6) is 0. The number of aromatic nitrogens is 1. The molecule has 0 fully saturated rings. The topological polar surface area (TPSA) is 33.1 Å². The van der Waals surface area contributed by atoms with Crippen LogP contribution in [0, 0.1) is 0 Å². The van der Waals surface area contributed by atoms with Crippen molar-refractivity contribution in [2.75, 3.05) is 6.61 Å². The average molecular weight is 328 g/mol. The molecule has 0 aromatic carbocycles. The van der Waals surface area contributed by atoms with Crippen LogP contribution in [0.1, 0.15) is 76.1 Å². The molecule has 2 nitrogen and oxygen atoms in total. The van der Waals surface area contributed by atoms with Crippen LogP contribution >= 0.6 is 0 Å². The van der Waals surface area contributed by atoms with Crippen molar-refractivity contribution in [3.05, 3.63) is 53.9 Å². The average Bonchev–Trinajstić information content (AvgIpc) is 2.60. The van der Waals surface area contributed by atoms with E-state index in [9.17, 15) is 0 Å². The number of pyridine rings is 1. The zero-order valence-electron chi connectivity index (χ0n) is 15.2. The van der Waals surface area contributed by atoms with E-state index in [2.05, 4.69) is 48.4 Å². The Kier molecular flexibility index (Phi) is 12.6. The Labute approximate surface area is 148 Å². The summed E-state index contributed by atoms with van der Waals surface area (Å²) < 4.78 is 0. The van der Waals surface area contributed by atoms with Crippen molar-refractivity contribution in [2.24, 2.45) is 0 Å². The van der Waals surface area contributed by atoms with Crippen molar-refractivity contribution in [1.29, 1.82) is 0 Å². The lowest BCUT2D eigenvalue weighted by Crippen LogP contribution is -1.85. The molecule has 0 saturated carbocycles. The molecule has 1 N–H and O–H groups in total. The molecule has 24 heavy (non-hydrogen) atoms. The standard InChI is InChI=1S/C22H33NO/c1-2-3-4-5-6-7-8-9-12-16-21-18-15-19-22(23-21)17-13-10-11-14-20-24/h6-7,12-13,15-19,24H,2-5,8-11,14,20H2,1H3/b7-6-,16-12+,17-13-. The first-order valence-electron chi connectivity index (χ1n) is 9.42. The summed E-state index contributed by atoms with van der Waals surface area (Å²) in [4.78, 5) is 4.62. The van der Waals surface area contributed by atoms with Crippen molar-refractivity contribution in [3.8, 4) is 0 Å². The van der Waals surface area contributed by atoms with E-state index >= 15 is 0 Å². The van der Waals surface area contributed by atoms with Gasteiger partial charge >= 0.3 is 0 Å². The summed E-state index contributed by atoms with van der Waals surface area (Å²) in [6.45, 7) is 2.52. The smallest absolute Gasteiger partial charge is 0.0633 e. The Hall–Kier alpha value is -1.67. The predicted molar refractivity (Wildman–Crippen MR) is 106 cm³/mol. The molecule has 0 amide bonds. The maximum atomic E-state index is 8.76. The van der Waals surface area contributed by atoms with E-state index in [4.69, 9.17) is 5.11 Å². The van der Waals surface area contributed by atoms with Crippen molar-refractivity contribution in [1.82, 2.24) is 4.98 Å². The second kappa shape index (κ2) is 14.9. The van der Waals surface area contributed by atoms with Crippen molar-refractivity contribution < 1.29 is 5.11 Å². The maximum absolute atomic E-state index is 8.76. The molecule has 0 bridgehead atoms. The van der Waals surface area contributed by atoms with Gasteiger partial charge in [-0.15, -0.1) is 0 Å². The minimum Gasteiger partial charge on any atom is -0.396 e. The number of aliphatic hydroxyl groups is 1. The third kappa shape index (κ3) is 11.0. The minimum absolute atomic E-state index is 0.278. The molecule has 0 radical (unpaired) electrons. The highest BCUT2D eigenvalue weighted by atomic mass is 16.2. The van der Waals surface area contributed by atoms with Crippen LogP contribution in [0.4, 0.5) is 0 Å². The molecule has 1 aromatic heterocycles. The van der Waals surface area contributed by atoms with Crippen LogP contribution in [0.5, 0.6) is 0 Å². The van der Waals surface area contributed by atoms with Gasteiger partial charge in [0.1, 0.15) is 0 Å². The number of unbranched alkanes of at least 4 members (excludes halogenated alkanes) is 6. The molecule has 0 aliphatic carbocycles. The number of aliphatic hydroxyl groups excluding tert-OH is 1. The van der Waals surface area contributed by atoms with E-state index in [-0.39, 0.29) is 6.61 Å². The van der Waals surface area contributed by atoms with E-state index in [0.717, 1.165) is 43.5 Å². The number of nitrogens with zero attached hydrogens (tertiary/aromatic N) is 1. The van der Waals surface area contributed by atoms with E-state index in [1.54, 1.807) is 0 Å². The summed E-state index contributed by atoms with van der Waals surface area (Å²) in [5, 5.41) is 8.76. The Morgan fingerprint density at radius 3 is 2.08 bits per heavy atom. The molecule has 1 rings (SSSR count). The first kappa shape index (κ1) is 20.4. The van der Waals surface area contributed by atoms with Crippen LogP contribution in [-0.4, -0.2) is 16.7 Å². The summed E-state index contributed by atoms with van der Waals surface area (Å²) >= 11 is 0. The van der Waals surface area contributed by atoms with Gasteiger partial charge in [-0.25, -0.2) is 4.98 Å². The Morgan fingerprint density at radius 1 is 0.792 bits per heavy atom. The Morgan fingerprint density at radius 2 is 1.38 bits per heavy atom. The Bertz CT molecular complexity index is 502. The van der Waals surface area contributed by atoms with Gasteiger partial charge in [0.25, 0.3) is 0 Å². The minimum atomic E-state index is 0.278. The first-order valence-corrected chi connectivity index (χ1v) is 9.42. The molecule has 0 unspecified atom stereocenters. The largest absolute Gasteiger partial charge is 0.396 e. The zero-order chi connectivity index (χ0) is 17.3. The van der Waals surface area contributed by atoms with Gasteiger partial charge in [0, 0.05) is 6.61 Å². The molecule has 1 heterocycles. The summed E-state index contributed by atoms with van der Waals surface area (Å²) in [5.41, 5.74) is 2.01. The van der Waals surface area contributed by atoms with Gasteiger partial charge in [0.05, 0.1) is 11.4 Å². The molecular formula is C22H33NO. The molecule has 0 spiro atoms. The summed E-state index contributed by atoms with van der Waals surface area (Å²) in [6.07, 6.45) is 23.3. The van der Waals surface area contributed by atoms with Crippen molar-refractivity contribution in [2.45, 2.75) is 64.7 Å². The summed E-state index contributed by atoms with van der Waals surface area (Å²) in [6, 6.07) is 6.12. The number of hydrogen-bond acceptors (Lipinski definition) is 2. The monoisotopic (exact) mass is 327 g/mol. The number of hydrogen-bond donors (Lipinski definition) is 1. The lowest BCUT2D eigenvalue weighted by molar-refractivity contribution is 0.285. The van der Waals surface area contributed by atoms with E-state index < -0.39 is 0 Å². The fourth-order valence-electron chi connectivity index (χ4n) is 2.38. The van der Waals surface area contributed by atoms with Crippen molar-refractivity contribution in [3.63, 3.8) is 0 Å². The van der Waals surface area contributed by atoms with Gasteiger partial charge < -0.3 is 5.11 Å². The predicted octanol–water partition coefficient (Wildman–Crippen LogP) is 6.19. The third-order valence-electron chi connectivity index (χ3n) is 3.79. The van der Waals surface area contributed by atoms with Gasteiger partial charge in [-0.1, -0.05) is 50.1 Å². The zero-order valence-corrected chi connectivity index (χ0v) is 15.2. The fraction of sp³-hybridized carbons (Fsp3) is 0.500. The van der Waals surface area contributed by atoms with Gasteiger partial charge in [-0.05, 0) is 69.2 Å². The molecule has 132 valence electrons. The lowest BCUT2D eigenvalue weighted by Gasteiger charge is -1.97. The Balaban J connectivity index is 2.28. The third-order valence-corrected chi connectivity index (χ3v) is 3.79. The van der Waals surface area contributed by atoms with Gasteiger partial charge in [-0.2, -0.15) is 0 Å². The highest BCUT2D eigenvalue weighted by molar-refractivity contribution is 5.50. The van der Waals surface area contributed by atoms with Gasteiger partial charge in [0.15, 0.2) is 0 Å². The molecule has 1 aromatic rings. The quantitative estimate of drug-likeness (QED) is 0.346. The van der Waals surface area contributed by atoms with Crippen LogP contribution in [0.25, 0.3) is 12.2 Å². The number of rotatable bonds is 13. The van der Waals surface area contributed by atoms with Crippen molar-refractivity contribution >= 4 is 12.2 Å². The number of allylic oxidation sites excluding steroid dienone is 4. The molecule has 0 aliphatic rings. The van der Waals surface area contributed by atoms with Gasteiger partial charge in [0.2, 0.25) is 0 Å². The maximum Gasteiger partial charge on any atom is 0.0633 e. The van der Waals surface area contributed by atoms with Crippen LogP contribution < -0.4 is 0 Å². The molecular weight excluding hydrogens is 294 g/mol. The second-order valence-electron chi connectivity index (χ2n) is 6.06. The molecule has 0 saturated heterocycles. The van der Waals surface area contributed by atoms with Gasteiger partial charge in [-0.3, -0.25) is 0 Å². The molecule has 2 heteroatoms. The normalized spacial score (nSPS) is 12.1. The lowest BCUT2D eigenvalue weighted by atomic mass is 10.2. The van der Waals surface area contributed by atoms with Crippen LogP contribution in [0.15, 0.2) is 42.5 Å². The van der Waals surface area contributed by atoms with E-state index in [1.807, 2.05) is 18.2 Å². The van der Waals surface area contributed by atoms with E-state index in [1.165, 1.54) is 25.7 Å². The van der Waals surface area contributed by atoms with E-state index in [0.29, 0.717) is 0 Å². The molecule has 0 atom stereocenters. The highest BCUT2D eigenvalue weighted by Gasteiger charge is 1.91. The van der Waals surface area contributed by atoms with Crippen LogP contribution in [-0.2, 0) is 0 Å². The highest BCUT2D eigenvalue weighted by Crippen LogP contribution is 2.07. The van der Waals surface area contributed by atoms with Crippen LogP contribution in [0.2, 0.25) is 0 Å². The fourth-order valence-corrected chi connectivity index (χ4v) is 2.38. The molecule has 0 aliphatic heterocycles.